The molecule has 5 heteroatoms. The summed E-state index contributed by atoms with van der Waals surface area (Å²) in [5.41, 5.74) is 0.699. The van der Waals surface area contributed by atoms with Crippen molar-refractivity contribution in [2.45, 2.75) is 26.7 Å². The quantitative estimate of drug-likeness (QED) is 0.838. The van der Waals surface area contributed by atoms with Gasteiger partial charge in [-0.1, -0.05) is 0 Å². The lowest BCUT2D eigenvalue weighted by atomic mass is 9.82. The van der Waals surface area contributed by atoms with Crippen LogP contribution in [0.25, 0.3) is 0 Å². The molecule has 1 aliphatic heterocycles. The molecule has 1 amide bonds. The van der Waals surface area contributed by atoms with Crippen LogP contribution in [0.2, 0.25) is 0 Å². The Labute approximate surface area is 106 Å². The summed E-state index contributed by atoms with van der Waals surface area (Å²) in [6.07, 6.45) is 4.80. The number of likely N-dealkylation sites (tertiary alicyclic amines) is 1. The number of hydrogen-bond acceptors (Lipinski definition) is 2. The van der Waals surface area contributed by atoms with Crippen LogP contribution >= 0.6 is 0 Å². The summed E-state index contributed by atoms with van der Waals surface area (Å²) < 4.78 is 0. The van der Waals surface area contributed by atoms with E-state index in [9.17, 15) is 14.7 Å². The summed E-state index contributed by atoms with van der Waals surface area (Å²) in [6, 6.07) is 0. The fraction of sp³-hybridized carbons (Fsp3) is 0.538. The molecule has 0 aliphatic carbocycles. The number of carbonyl (C=O) groups excluding carboxylic acids is 1. The number of rotatable bonds is 2. The van der Waals surface area contributed by atoms with Gasteiger partial charge in [0.05, 0.1) is 11.0 Å². The third kappa shape index (κ3) is 2.12. The minimum Gasteiger partial charge on any atom is -0.481 e. The summed E-state index contributed by atoms with van der Waals surface area (Å²) in [5.74, 6) is -0.910. The number of nitrogens with zero attached hydrogens (tertiary/aromatic N) is 1. The van der Waals surface area contributed by atoms with Crippen molar-refractivity contribution in [1.29, 1.82) is 0 Å². The molecular formula is C13H18N2O3. The molecule has 1 saturated heterocycles. The molecule has 2 heterocycles. The van der Waals surface area contributed by atoms with E-state index in [2.05, 4.69) is 4.98 Å². The summed E-state index contributed by atoms with van der Waals surface area (Å²) >= 11 is 0. The largest absolute Gasteiger partial charge is 0.481 e. The van der Waals surface area contributed by atoms with Gasteiger partial charge in [-0.3, -0.25) is 9.59 Å². The number of aromatic nitrogens is 1. The zero-order valence-corrected chi connectivity index (χ0v) is 10.7. The van der Waals surface area contributed by atoms with Crippen molar-refractivity contribution >= 4 is 11.9 Å². The Morgan fingerprint density at radius 3 is 2.72 bits per heavy atom. The molecule has 1 fully saturated rings. The Hall–Kier alpha value is -1.78. The Morgan fingerprint density at radius 1 is 1.44 bits per heavy atom. The van der Waals surface area contributed by atoms with E-state index in [-0.39, 0.29) is 12.5 Å². The van der Waals surface area contributed by atoms with Crippen molar-refractivity contribution in [3.8, 4) is 0 Å². The molecule has 0 saturated carbocycles. The van der Waals surface area contributed by atoms with Gasteiger partial charge in [0.15, 0.2) is 0 Å². The highest BCUT2D eigenvalue weighted by molar-refractivity contribution is 5.96. The van der Waals surface area contributed by atoms with E-state index >= 15 is 0 Å². The number of H-pyrrole nitrogens is 1. The zero-order valence-electron chi connectivity index (χ0n) is 10.7. The molecule has 0 aromatic carbocycles. The molecule has 1 aromatic rings. The number of carbonyl (C=O) groups is 2. The lowest BCUT2D eigenvalue weighted by Gasteiger charge is -2.37. The fourth-order valence-corrected chi connectivity index (χ4v) is 2.43. The predicted molar refractivity (Wildman–Crippen MR) is 66.4 cm³/mol. The second kappa shape index (κ2) is 4.48. The van der Waals surface area contributed by atoms with Gasteiger partial charge in [-0.2, -0.15) is 0 Å². The lowest BCUT2D eigenvalue weighted by Crippen LogP contribution is -2.48. The van der Waals surface area contributed by atoms with Gasteiger partial charge >= 0.3 is 5.97 Å². The highest BCUT2D eigenvalue weighted by Crippen LogP contribution is 2.30. The van der Waals surface area contributed by atoms with Gasteiger partial charge in [0.2, 0.25) is 0 Å². The molecule has 18 heavy (non-hydrogen) atoms. The van der Waals surface area contributed by atoms with Gasteiger partial charge in [-0.25, -0.2) is 0 Å². The van der Waals surface area contributed by atoms with Crippen LogP contribution in [-0.2, 0) is 4.79 Å². The molecule has 1 aliphatic rings. The van der Waals surface area contributed by atoms with E-state index < -0.39 is 11.4 Å². The molecule has 1 aromatic heterocycles. The van der Waals surface area contributed by atoms with Crippen molar-refractivity contribution in [2.24, 2.45) is 5.41 Å². The maximum absolute atomic E-state index is 12.3. The Kier molecular flexibility index (Phi) is 3.15. The van der Waals surface area contributed by atoms with Gasteiger partial charge in [0, 0.05) is 25.5 Å². The molecular weight excluding hydrogens is 232 g/mol. The maximum Gasteiger partial charge on any atom is 0.311 e. The fourth-order valence-electron chi connectivity index (χ4n) is 2.43. The summed E-state index contributed by atoms with van der Waals surface area (Å²) in [4.78, 5) is 28.1. The Morgan fingerprint density at radius 2 is 2.17 bits per heavy atom. The topological polar surface area (TPSA) is 73.4 Å². The first kappa shape index (κ1) is 12.7. The molecule has 1 atom stereocenters. The molecule has 5 nitrogen and oxygen atoms in total. The molecule has 2 rings (SSSR count). The van der Waals surface area contributed by atoms with Crippen molar-refractivity contribution in [1.82, 2.24) is 9.88 Å². The monoisotopic (exact) mass is 250 g/mol. The van der Waals surface area contributed by atoms with Crippen LogP contribution in [0.1, 0.15) is 35.7 Å². The normalized spacial score (nSPS) is 24.0. The number of aliphatic carboxylic acids is 1. The summed E-state index contributed by atoms with van der Waals surface area (Å²) in [6.45, 7) is 4.49. The first-order valence-corrected chi connectivity index (χ1v) is 6.10. The second-order valence-corrected chi connectivity index (χ2v) is 5.25. The number of hydrogen-bond donors (Lipinski definition) is 2. The number of nitrogens with one attached hydrogen (secondary N) is 1. The molecule has 0 bridgehead atoms. The number of carboxylic acid groups (broad SMARTS) is 1. The Bertz CT molecular complexity index is 480. The molecule has 98 valence electrons. The van der Waals surface area contributed by atoms with E-state index in [4.69, 9.17) is 0 Å². The highest BCUT2D eigenvalue weighted by Gasteiger charge is 2.39. The van der Waals surface area contributed by atoms with Crippen molar-refractivity contribution in [3.05, 3.63) is 23.5 Å². The number of aromatic amines is 1. The van der Waals surface area contributed by atoms with E-state index in [1.54, 1.807) is 24.2 Å². The number of amides is 1. The second-order valence-electron chi connectivity index (χ2n) is 5.25. The zero-order chi connectivity index (χ0) is 13.3. The van der Waals surface area contributed by atoms with Crippen LogP contribution in [0.5, 0.6) is 0 Å². The van der Waals surface area contributed by atoms with Gasteiger partial charge in [0.25, 0.3) is 5.91 Å². The number of piperidine rings is 1. The first-order valence-electron chi connectivity index (χ1n) is 6.10. The van der Waals surface area contributed by atoms with Crippen LogP contribution in [0.4, 0.5) is 0 Å². The smallest absolute Gasteiger partial charge is 0.311 e. The summed E-state index contributed by atoms with van der Waals surface area (Å²) in [7, 11) is 0. The van der Waals surface area contributed by atoms with Crippen LogP contribution < -0.4 is 0 Å². The highest BCUT2D eigenvalue weighted by atomic mass is 16.4. The first-order chi connectivity index (χ1) is 8.44. The maximum atomic E-state index is 12.3. The minimum absolute atomic E-state index is 0.0825. The molecule has 1 unspecified atom stereocenters. The standard InChI is InChI=1S/C13H18N2O3/c1-9-6-14-7-10(9)11(16)15-5-3-4-13(2,8-15)12(17)18/h6-7,14H,3-5,8H2,1-2H3,(H,17,18). The molecule has 0 spiro atoms. The van der Waals surface area contributed by atoms with Crippen molar-refractivity contribution in [2.75, 3.05) is 13.1 Å². The average Bonchev–Trinajstić information content (AvgIpc) is 2.74. The number of carboxylic acids is 1. The van der Waals surface area contributed by atoms with Crippen LogP contribution in [0.15, 0.2) is 12.4 Å². The van der Waals surface area contributed by atoms with E-state index in [0.717, 1.165) is 12.0 Å². The van der Waals surface area contributed by atoms with Gasteiger partial charge < -0.3 is 15.0 Å². The van der Waals surface area contributed by atoms with Crippen LogP contribution in [0.3, 0.4) is 0 Å². The SMILES string of the molecule is Cc1c[nH]cc1C(=O)N1CCCC(C)(C(=O)O)C1. The predicted octanol–water partition coefficient (Wildman–Crippen LogP) is 1.65. The number of aryl methyl sites for hydroxylation is 1. The third-order valence-corrected chi connectivity index (χ3v) is 3.68. The summed E-state index contributed by atoms with van der Waals surface area (Å²) in [5, 5.41) is 9.24. The van der Waals surface area contributed by atoms with Gasteiger partial charge in [0.1, 0.15) is 0 Å². The van der Waals surface area contributed by atoms with Crippen LogP contribution in [0, 0.1) is 12.3 Å². The molecule has 0 radical (unpaired) electrons. The Balaban J connectivity index is 2.17. The van der Waals surface area contributed by atoms with Crippen molar-refractivity contribution in [3.63, 3.8) is 0 Å². The van der Waals surface area contributed by atoms with Crippen molar-refractivity contribution < 1.29 is 14.7 Å². The van der Waals surface area contributed by atoms with E-state index in [1.165, 1.54) is 0 Å². The average molecular weight is 250 g/mol. The third-order valence-electron chi connectivity index (χ3n) is 3.68. The van der Waals surface area contributed by atoms with Gasteiger partial charge in [-0.05, 0) is 32.3 Å². The van der Waals surface area contributed by atoms with Crippen LogP contribution in [-0.4, -0.2) is 40.0 Å². The van der Waals surface area contributed by atoms with E-state index in [1.807, 2.05) is 6.92 Å². The van der Waals surface area contributed by atoms with E-state index in [0.29, 0.717) is 18.5 Å². The minimum atomic E-state index is -0.828. The lowest BCUT2D eigenvalue weighted by molar-refractivity contribution is -0.150. The molecule has 2 N–H and O–H groups in total. The van der Waals surface area contributed by atoms with Gasteiger partial charge in [-0.15, -0.1) is 0 Å².